The van der Waals surface area contributed by atoms with Gasteiger partial charge in [-0.25, -0.2) is 19.2 Å². The number of carbonyl (C=O) groups is 17. The Morgan fingerprint density at radius 3 is 1.94 bits per heavy atom. The van der Waals surface area contributed by atoms with Gasteiger partial charge >= 0.3 is 30.2 Å². The number of benzene rings is 3. The molecular formula is C89H122N12O27S. The lowest BCUT2D eigenvalue weighted by atomic mass is 9.44. The number of anilines is 1. The highest BCUT2D eigenvalue weighted by atomic mass is 32.2. The Morgan fingerprint density at radius 2 is 1.35 bits per heavy atom. The van der Waals surface area contributed by atoms with Crippen molar-refractivity contribution < 1.29 is 130 Å². The number of esters is 3. The van der Waals surface area contributed by atoms with Gasteiger partial charge in [-0.3, -0.25) is 62.3 Å². The van der Waals surface area contributed by atoms with Gasteiger partial charge in [-0.15, -0.1) is 0 Å². The Bertz CT molecular complexity index is 4670. The first-order chi connectivity index (χ1) is 60.6. The Balaban J connectivity index is 0.925. The number of hydrogen-bond acceptors (Lipinski definition) is 28. The Labute approximate surface area is 751 Å². The average Bonchev–Trinajstić information content (AvgIpc) is 1.14. The van der Waals surface area contributed by atoms with Crippen LogP contribution in [0.25, 0.3) is 0 Å². The predicted octanol–water partition coefficient (Wildman–Crippen LogP) is 2.47. The van der Waals surface area contributed by atoms with E-state index in [0.717, 1.165) is 6.92 Å². The lowest BCUT2D eigenvalue weighted by Gasteiger charge is -2.67. The van der Waals surface area contributed by atoms with Crippen molar-refractivity contribution in [1.82, 2.24) is 52.8 Å². The van der Waals surface area contributed by atoms with Crippen molar-refractivity contribution in [1.29, 1.82) is 0 Å². The maximum Gasteiger partial charge on any atom is 0.509 e. The number of amides is 12. The number of carbonyl (C=O) groups excluding carboxylic acids is 17. The molecule has 0 spiro atoms. The molecule has 5 aliphatic rings. The molecule has 12 amide bonds. The highest BCUT2D eigenvalue weighted by Crippen LogP contribution is 2.64. The second-order valence-electron chi connectivity index (χ2n) is 35.3. The second kappa shape index (κ2) is 44.6. The smallest absolute Gasteiger partial charge is 0.455 e. The molecule has 2 heterocycles. The normalized spacial score (nSPS) is 23.8. The van der Waals surface area contributed by atoms with E-state index in [4.69, 9.17) is 38.9 Å². The number of aliphatic hydroxyl groups is 3. The summed E-state index contributed by atoms with van der Waals surface area (Å²) < 4.78 is 42.0. The maximum atomic E-state index is 15.5. The van der Waals surface area contributed by atoms with Gasteiger partial charge in [0.25, 0.3) is 0 Å². The van der Waals surface area contributed by atoms with E-state index in [1.54, 1.807) is 91.1 Å². The molecular weight excluding hydrogens is 1700 g/mol. The van der Waals surface area contributed by atoms with Gasteiger partial charge in [-0.1, -0.05) is 109 Å². The first kappa shape index (κ1) is 103. The van der Waals surface area contributed by atoms with Crippen LogP contribution in [0.5, 0.6) is 0 Å². The molecule has 40 heteroatoms. The van der Waals surface area contributed by atoms with Gasteiger partial charge in [0.05, 0.1) is 49.2 Å². The molecule has 3 aromatic carbocycles. The number of rotatable bonds is 39. The SMILES string of the molecule is CC[C@H](C)[C@H](NC(=O)CNC(=O)[C@H](CCSC)NC(=O)[C@@H]1CCCN1C(=O)CNC(C)=O)C(=O)N[C@@H](C)C(=O)NCC(=O)N[C@@H](CCC(N)=O)C(=O)N[C@@H](CC(C)C)C(=O)Nc1ccc(COC(=O)O[C@@H](C(=O)O[C@H]2C[C@@]3(O)[C@@H](OC(=O)c4ccccc4)[C@@H]4[C@]5(OC(C)=O)CO[C@@H]5C[C@H](O)[C@@]4(C)C(=O)[C@H](O)C(=C2C)C3(C)C)[C@@H](NC(=O)OC(C)(C)C)c2ccccc2)cc1. The monoisotopic (exact) mass is 1820 g/mol. The summed E-state index contributed by atoms with van der Waals surface area (Å²) in [5.74, 6) is -14.5. The minimum atomic E-state index is -2.57. The number of nitrogens with zero attached hydrogens (tertiary/aromatic N) is 1. The fourth-order valence-electron chi connectivity index (χ4n) is 17.0. The lowest BCUT2D eigenvalue weighted by molar-refractivity contribution is -0.346. The number of nitrogens with one attached hydrogen (secondary N) is 10. The molecule has 706 valence electrons. The topological polar surface area (TPSA) is 565 Å². The Morgan fingerprint density at radius 1 is 0.721 bits per heavy atom. The third-order valence-electron chi connectivity index (χ3n) is 24.0. The van der Waals surface area contributed by atoms with E-state index in [0.29, 0.717) is 25.0 Å². The first-order valence-electron chi connectivity index (χ1n) is 42.9. The largest absolute Gasteiger partial charge is 0.509 e. The molecule has 18 atom stereocenters. The molecule has 2 saturated carbocycles. The molecule has 0 aromatic heterocycles. The van der Waals surface area contributed by atoms with Crippen LogP contribution in [0.2, 0.25) is 0 Å². The summed E-state index contributed by atoms with van der Waals surface area (Å²) in [5.41, 5.74) is -3.78. The molecule has 0 radical (unpaired) electrons. The molecule has 2 aliphatic heterocycles. The van der Waals surface area contributed by atoms with E-state index in [9.17, 15) is 87.2 Å². The van der Waals surface area contributed by atoms with Crippen LogP contribution in [0.1, 0.15) is 182 Å². The molecule has 2 bridgehead atoms. The predicted molar refractivity (Wildman–Crippen MR) is 463 cm³/mol. The van der Waals surface area contributed by atoms with Gasteiger partial charge in [0, 0.05) is 50.8 Å². The van der Waals surface area contributed by atoms with Crippen molar-refractivity contribution in [2.75, 3.05) is 50.1 Å². The van der Waals surface area contributed by atoms with Gasteiger partial charge in [0.1, 0.15) is 84.5 Å². The number of aliphatic hydroxyl groups excluding tert-OH is 2. The average molecular weight is 1820 g/mol. The van der Waals surface area contributed by atoms with Gasteiger partial charge < -0.3 is 112 Å². The minimum Gasteiger partial charge on any atom is -0.455 e. The summed E-state index contributed by atoms with van der Waals surface area (Å²) in [5, 5.41) is 64.3. The number of ketones is 1. The molecule has 3 aromatic rings. The zero-order valence-electron chi connectivity index (χ0n) is 75.2. The number of hydrogen-bond donors (Lipinski definition) is 14. The van der Waals surface area contributed by atoms with Crippen LogP contribution in [0, 0.1) is 28.6 Å². The van der Waals surface area contributed by atoms with E-state index >= 15 is 9.59 Å². The number of Topliss-reactive ketones (excluding diaryl/α,β-unsaturated/α-hetero) is 1. The van der Waals surface area contributed by atoms with Gasteiger partial charge in [-0.2, -0.15) is 11.8 Å². The van der Waals surface area contributed by atoms with Crippen molar-refractivity contribution in [3.05, 3.63) is 113 Å². The van der Waals surface area contributed by atoms with Crippen LogP contribution in [0.3, 0.4) is 0 Å². The molecule has 129 heavy (non-hydrogen) atoms. The number of likely N-dealkylation sites (tertiary alicyclic amines) is 1. The standard InChI is InChI=1S/C89H122N12O27S/c1-16-47(4)68(99-65(107)42-93-76(112)57(35-37-129-15)97-79(115)59-28-23-36-101(59)66(108)43-91-50(7)102)80(116)94-49(6)75(111)92-41-64(106)96-56(33-34-63(90)105)77(113)98-58(38-46(2)3)78(114)95-55-31-29-52(30-32-55)44-122-84(120)125-71(69(53-24-19-17-20-25-53)100-83(119)128-85(9,10)11)82(118)124-60-40-89(121)74(126-81(117)54-26-21-18-22-27-54)72-87(14,73(110)70(109)67(48(60)5)86(89,12)13)61(104)39-62-88(72,45-123-62)127-51(8)103/h17-22,24-27,29-32,46-47,49,56-62,68-72,74,104,109,121H,16,23,28,33-45H2,1-15H3,(H2,90,105)(H,91,102)(H,92,111)(H,93,112)(H,94,116)(H,95,114)(H,96,106)(H,97,115)(H,98,113)(H,99,107)(H,100,119)/t47-,49-,56-,57-,58-,59-,60-,61-,62+,68-,69-,70+,71+,72-,74-,87+,88-,89+/m0/s1. The zero-order valence-corrected chi connectivity index (χ0v) is 76.0. The highest BCUT2D eigenvalue weighted by Gasteiger charge is 2.78. The number of ether oxygens (including phenoxy) is 7. The van der Waals surface area contributed by atoms with E-state index in [1.807, 2.05) is 0 Å². The summed E-state index contributed by atoms with van der Waals surface area (Å²) in [6, 6.07) is 11.9. The zero-order chi connectivity index (χ0) is 95.5. The second-order valence-corrected chi connectivity index (χ2v) is 36.3. The van der Waals surface area contributed by atoms with Crippen LogP contribution in [-0.2, 0) is 107 Å². The van der Waals surface area contributed by atoms with E-state index in [-0.39, 0.29) is 78.2 Å². The van der Waals surface area contributed by atoms with Crippen molar-refractivity contribution in [2.24, 2.45) is 34.3 Å². The van der Waals surface area contributed by atoms with E-state index in [2.05, 4.69) is 53.2 Å². The van der Waals surface area contributed by atoms with Gasteiger partial charge in [-0.05, 0) is 144 Å². The number of nitrogens with two attached hydrogens (primary N) is 1. The van der Waals surface area contributed by atoms with E-state index < -0.39 is 258 Å². The fourth-order valence-corrected chi connectivity index (χ4v) is 17.4. The van der Waals surface area contributed by atoms with Crippen LogP contribution in [0.15, 0.2) is 96.1 Å². The van der Waals surface area contributed by atoms with Crippen molar-refractivity contribution in [3.63, 3.8) is 0 Å². The number of primary amides is 1. The molecule has 2 saturated heterocycles. The molecule has 15 N–H and O–H groups in total. The summed E-state index contributed by atoms with van der Waals surface area (Å²) in [6.45, 7) is 18.6. The van der Waals surface area contributed by atoms with Crippen LogP contribution in [0.4, 0.5) is 15.3 Å². The van der Waals surface area contributed by atoms with Gasteiger partial charge in [0.15, 0.2) is 11.4 Å². The summed E-state index contributed by atoms with van der Waals surface area (Å²) in [6.07, 6.45) is -12.2. The summed E-state index contributed by atoms with van der Waals surface area (Å²) in [4.78, 5) is 234. The minimum absolute atomic E-state index is 0.00144. The Kier molecular flexibility index (Phi) is 35.5. The quantitative estimate of drug-likeness (QED) is 0.0222. The van der Waals surface area contributed by atoms with Crippen molar-refractivity contribution in [3.8, 4) is 0 Å². The van der Waals surface area contributed by atoms with Crippen molar-refractivity contribution >= 4 is 118 Å². The summed E-state index contributed by atoms with van der Waals surface area (Å²) >= 11 is 1.40. The van der Waals surface area contributed by atoms with Crippen LogP contribution in [-0.4, -0.2) is 256 Å². The van der Waals surface area contributed by atoms with Crippen molar-refractivity contribution in [2.45, 2.75) is 257 Å². The van der Waals surface area contributed by atoms with Gasteiger partial charge in [0.2, 0.25) is 71.1 Å². The van der Waals surface area contributed by atoms with E-state index in [1.165, 1.54) is 107 Å². The Hall–Kier alpha value is -11.6. The molecule has 39 nitrogen and oxygen atoms in total. The maximum absolute atomic E-state index is 15.5. The van der Waals surface area contributed by atoms with Crippen LogP contribution >= 0.6 is 11.8 Å². The highest BCUT2D eigenvalue weighted by molar-refractivity contribution is 7.98. The number of thioether (sulfide) groups is 1. The molecule has 4 fully saturated rings. The lowest BCUT2D eigenvalue weighted by Crippen LogP contribution is -2.81. The first-order valence-corrected chi connectivity index (χ1v) is 44.3. The fraction of sp³-hybridized carbons (Fsp3) is 0.584. The molecule has 3 aliphatic carbocycles. The third-order valence-corrected chi connectivity index (χ3v) is 24.7. The molecule has 8 rings (SSSR count). The molecule has 0 unspecified atom stereocenters. The third kappa shape index (κ3) is 25.7. The summed E-state index contributed by atoms with van der Waals surface area (Å²) in [7, 11) is 0. The van der Waals surface area contributed by atoms with Crippen LogP contribution < -0.4 is 58.9 Å². The number of fused-ring (bicyclic) bond motifs is 5. The number of alkyl carbamates (subject to hydrolysis) is 1.